The van der Waals surface area contributed by atoms with Crippen LogP contribution in [0.25, 0.3) is 11.5 Å². The Labute approximate surface area is 102 Å². The van der Waals surface area contributed by atoms with Crippen LogP contribution in [0.1, 0.15) is 31.2 Å². The van der Waals surface area contributed by atoms with Gasteiger partial charge in [-0.1, -0.05) is 25.1 Å². The molecule has 3 nitrogen and oxygen atoms in total. The summed E-state index contributed by atoms with van der Waals surface area (Å²) in [6, 6.07) is 4.82. The molecule has 0 fully saturated rings. The molecule has 96 valence electrons. The van der Waals surface area contributed by atoms with Gasteiger partial charge >= 0.3 is 6.18 Å². The largest absolute Gasteiger partial charge is 0.416 e. The van der Waals surface area contributed by atoms with E-state index in [-0.39, 0.29) is 17.4 Å². The predicted molar refractivity (Wildman–Crippen MR) is 58.8 cm³/mol. The number of alkyl halides is 3. The summed E-state index contributed by atoms with van der Waals surface area (Å²) in [4.78, 5) is 4.06. The fourth-order valence-corrected chi connectivity index (χ4v) is 1.42. The zero-order valence-electron chi connectivity index (χ0n) is 9.82. The van der Waals surface area contributed by atoms with Crippen molar-refractivity contribution in [3.05, 3.63) is 35.7 Å². The van der Waals surface area contributed by atoms with Crippen molar-refractivity contribution < 1.29 is 17.7 Å². The van der Waals surface area contributed by atoms with Crippen LogP contribution in [0, 0.1) is 0 Å². The predicted octanol–water partition coefficient (Wildman–Crippen LogP) is 3.88. The maximum Gasteiger partial charge on any atom is 0.416 e. The molecule has 18 heavy (non-hydrogen) atoms. The van der Waals surface area contributed by atoms with E-state index in [9.17, 15) is 13.2 Å². The molecule has 0 N–H and O–H groups in total. The van der Waals surface area contributed by atoms with Crippen molar-refractivity contribution in [2.24, 2.45) is 0 Å². The van der Waals surface area contributed by atoms with Gasteiger partial charge in [0.05, 0.1) is 5.56 Å². The van der Waals surface area contributed by atoms with Crippen LogP contribution in [0.15, 0.2) is 28.8 Å². The van der Waals surface area contributed by atoms with E-state index in [1.54, 1.807) is 0 Å². The third-order valence-corrected chi connectivity index (χ3v) is 2.39. The zero-order valence-corrected chi connectivity index (χ0v) is 9.82. The van der Waals surface area contributed by atoms with Gasteiger partial charge in [0.25, 0.3) is 5.89 Å². The lowest BCUT2D eigenvalue weighted by Crippen LogP contribution is -2.04. The van der Waals surface area contributed by atoms with Crippen LogP contribution >= 0.6 is 0 Å². The molecule has 0 spiro atoms. The summed E-state index contributed by atoms with van der Waals surface area (Å²) in [6.45, 7) is 3.75. The molecule has 0 aliphatic rings. The molecule has 2 rings (SSSR count). The van der Waals surface area contributed by atoms with Gasteiger partial charge < -0.3 is 4.52 Å². The highest BCUT2D eigenvalue weighted by molar-refractivity contribution is 5.54. The van der Waals surface area contributed by atoms with Gasteiger partial charge in [0.2, 0.25) is 0 Å². The van der Waals surface area contributed by atoms with Crippen LogP contribution in [-0.4, -0.2) is 10.1 Å². The highest BCUT2D eigenvalue weighted by Gasteiger charge is 2.30. The molecule has 6 heteroatoms. The van der Waals surface area contributed by atoms with E-state index in [1.807, 2.05) is 13.8 Å². The van der Waals surface area contributed by atoms with Gasteiger partial charge in [-0.3, -0.25) is 0 Å². The molecule has 0 amide bonds. The normalized spacial score (nSPS) is 12.1. The van der Waals surface area contributed by atoms with Crippen molar-refractivity contribution in [2.75, 3.05) is 0 Å². The maximum absolute atomic E-state index is 12.6. The molecule has 2 aromatic rings. The van der Waals surface area contributed by atoms with E-state index in [1.165, 1.54) is 12.1 Å². The molecule has 0 saturated carbocycles. The highest BCUT2D eigenvalue weighted by Crippen LogP contribution is 2.31. The summed E-state index contributed by atoms with van der Waals surface area (Å²) in [6.07, 6.45) is -4.38. The molecule has 0 atom stereocenters. The van der Waals surface area contributed by atoms with Crippen LogP contribution in [0.3, 0.4) is 0 Å². The average Bonchev–Trinajstić information content (AvgIpc) is 2.77. The molecule has 0 aliphatic carbocycles. The first-order valence-corrected chi connectivity index (χ1v) is 5.39. The van der Waals surface area contributed by atoms with Gasteiger partial charge in [-0.05, 0) is 18.2 Å². The Hall–Kier alpha value is -1.85. The van der Waals surface area contributed by atoms with Crippen LogP contribution < -0.4 is 0 Å². The first kappa shape index (κ1) is 12.6. The van der Waals surface area contributed by atoms with E-state index in [0.29, 0.717) is 5.82 Å². The van der Waals surface area contributed by atoms with Crippen molar-refractivity contribution in [1.29, 1.82) is 0 Å². The van der Waals surface area contributed by atoms with Crippen LogP contribution in [0.2, 0.25) is 0 Å². The Morgan fingerprint density at radius 1 is 1.22 bits per heavy atom. The second-order valence-electron chi connectivity index (χ2n) is 4.19. The molecule has 0 aliphatic heterocycles. The lowest BCUT2D eigenvalue weighted by atomic mass is 10.1. The number of hydrogen-bond acceptors (Lipinski definition) is 3. The van der Waals surface area contributed by atoms with E-state index in [2.05, 4.69) is 10.1 Å². The number of halogens is 3. The molecule has 0 bridgehead atoms. The smallest absolute Gasteiger partial charge is 0.334 e. The Kier molecular flexibility index (Phi) is 3.11. The molecule has 0 unspecified atom stereocenters. The van der Waals surface area contributed by atoms with Gasteiger partial charge in [0, 0.05) is 11.5 Å². The number of aromatic nitrogens is 2. The number of hydrogen-bond donors (Lipinski definition) is 0. The highest BCUT2D eigenvalue weighted by atomic mass is 19.4. The Balaban J connectivity index is 2.38. The standard InChI is InChI=1S/C12H11F3N2O/c1-7(2)10-16-11(18-17-10)8-4-3-5-9(6-8)12(13,14)15/h3-7H,1-2H3. The van der Waals surface area contributed by atoms with Crippen LogP contribution in [-0.2, 0) is 6.18 Å². The minimum atomic E-state index is -4.38. The summed E-state index contributed by atoms with van der Waals surface area (Å²) >= 11 is 0. The van der Waals surface area contributed by atoms with Crippen molar-refractivity contribution in [2.45, 2.75) is 25.9 Å². The molecule has 1 aromatic carbocycles. The Bertz CT molecular complexity index is 546. The molecular formula is C12H11F3N2O. The van der Waals surface area contributed by atoms with E-state index in [0.717, 1.165) is 12.1 Å². The lowest BCUT2D eigenvalue weighted by Gasteiger charge is -2.06. The fraction of sp³-hybridized carbons (Fsp3) is 0.333. The second-order valence-corrected chi connectivity index (χ2v) is 4.19. The minimum Gasteiger partial charge on any atom is -0.334 e. The monoisotopic (exact) mass is 256 g/mol. The molecule has 0 saturated heterocycles. The first-order chi connectivity index (χ1) is 8.38. The van der Waals surface area contributed by atoms with Gasteiger partial charge in [-0.25, -0.2) is 0 Å². The summed E-state index contributed by atoms with van der Waals surface area (Å²) < 4.78 is 42.6. The first-order valence-electron chi connectivity index (χ1n) is 5.39. The Morgan fingerprint density at radius 3 is 2.50 bits per heavy atom. The second kappa shape index (κ2) is 4.44. The minimum absolute atomic E-state index is 0.0632. The van der Waals surface area contributed by atoms with E-state index in [4.69, 9.17) is 4.52 Å². The quantitative estimate of drug-likeness (QED) is 0.818. The fourth-order valence-electron chi connectivity index (χ4n) is 1.42. The summed E-state index contributed by atoms with van der Waals surface area (Å²) in [5.41, 5.74) is -0.464. The number of rotatable bonds is 2. The summed E-state index contributed by atoms with van der Waals surface area (Å²) in [7, 11) is 0. The Morgan fingerprint density at radius 2 is 1.94 bits per heavy atom. The number of nitrogens with zero attached hydrogens (tertiary/aromatic N) is 2. The van der Waals surface area contributed by atoms with Crippen LogP contribution in [0.5, 0.6) is 0 Å². The van der Waals surface area contributed by atoms with Crippen molar-refractivity contribution >= 4 is 0 Å². The van der Waals surface area contributed by atoms with Crippen molar-refractivity contribution in [3.8, 4) is 11.5 Å². The molecular weight excluding hydrogens is 245 g/mol. The zero-order chi connectivity index (χ0) is 13.3. The topological polar surface area (TPSA) is 38.9 Å². The summed E-state index contributed by atoms with van der Waals surface area (Å²) in [5.74, 6) is 0.639. The van der Waals surface area contributed by atoms with E-state index < -0.39 is 11.7 Å². The molecule has 1 heterocycles. The van der Waals surface area contributed by atoms with Gasteiger partial charge in [0.15, 0.2) is 5.82 Å². The van der Waals surface area contributed by atoms with Gasteiger partial charge in [0.1, 0.15) is 0 Å². The SMILES string of the molecule is CC(C)c1noc(-c2cccc(C(F)(F)F)c2)n1. The van der Waals surface area contributed by atoms with E-state index >= 15 is 0 Å². The number of benzene rings is 1. The van der Waals surface area contributed by atoms with Crippen molar-refractivity contribution in [3.63, 3.8) is 0 Å². The van der Waals surface area contributed by atoms with Crippen LogP contribution in [0.4, 0.5) is 13.2 Å². The molecule has 0 radical (unpaired) electrons. The molecule has 1 aromatic heterocycles. The summed E-state index contributed by atoms with van der Waals surface area (Å²) in [5, 5.41) is 3.72. The van der Waals surface area contributed by atoms with Crippen molar-refractivity contribution in [1.82, 2.24) is 10.1 Å². The average molecular weight is 256 g/mol. The third kappa shape index (κ3) is 2.52. The third-order valence-electron chi connectivity index (χ3n) is 2.39. The van der Waals surface area contributed by atoms with Gasteiger partial charge in [-0.15, -0.1) is 0 Å². The maximum atomic E-state index is 12.6. The van der Waals surface area contributed by atoms with Gasteiger partial charge in [-0.2, -0.15) is 18.2 Å². The lowest BCUT2D eigenvalue weighted by molar-refractivity contribution is -0.137.